The Morgan fingerprint density at radius 3 is 3.09 bits per heavy atom. The third-order valence-corrected chi connectivity index (χ3v) is 5.84. The number of ether oxygens (including phenoxy) is 1. The van der Waals surface area contributed by atoms with Gasteiger partial charge in [0.15, 0.2) is 0 Å². The highest BCUT2D eigenvalue weighted by molar-refractivity contribution is 7.13. The quantitative estimate of drug-likeness (QED) is 0.773. The highest BCUT2D eigenvalue weighted by Gasteiger charge is 2.40. The fourth-order valence-corrected chi connectivity index (χ4v) is 4.60. The van der Waals surface area contributed by atoms with Gasteiger partial charge in [-0.3, -0.25) is 4.79 Å². The van der Waals surface area contributed by atoms with E-state index in [1.165, 1.54) is 25.7 Å². The molecule has 3 atom stereocenters. The second-order valence-corrected chi connectivity index (χ2v) is 7.37. The lowest BCUT2D eigenvalue weighted by Gasteiger charge is -2.20. The average Bonchev–Trinajstić information content (AvgIpc) is 3.27. The van der Waals surface area contributed by atoms with Gasteiger partial charge in [-0.1, -0.05) is 12.5 Å². The average molecular weight is 317 g/mol. The van der Waals surface area contributed by atoms with E-state index in [0.717, 1.165) is 16.7 Å². The number of hydrogen-bond donors (Lipinski definition) is 0. The van der Waals surface area contributed by atoms with Gasteiger partial charge in [-0.25, -0.2) is 4.98 Å². The standard InChI is InChI=1S/C17H19NO3S/c19-16(8-13-7-11-3-4-12(13)6-11)20-9-14-10-21-17(18-14)15-2-1-5-22-15/h1-2,5,10-13H,3-4,6-9H2/t11-,12-,13+/m1/s1. The van der Waals surface area contributed by atoms with E-state index in [1.54, 1.807) is 17.6 Å². The van der Waals surface area contributed by atoms with Gasteiger partial charge < -0.3 is 9.15 Å². The van der Waals surface area contributed by atoms with E-state index in [4.69, 9.17) is 9.15 Å². The van der Waals surface area contributed by atoms with Crippen LogP contribution in [-0.4, -0.2) is 11.0 Å². The molecule has 0 spiro atoms. The largest absolute Gasteiger partial charge is 0.459 e. The first kappa shape index (κ1) is 14.0. The Balaban J connectivity index is 1.28. The summed E-state index contributed by atoms with van der Waals surface area (Å²) in [5.41, 5.74) is 0.671. The molecular formula is C17H19NO3S. The molecule has 2 bridgehead atoms. The van der Waals surface area contributed by atoms with Crippen molar-refractivity contribution in [1.82, 2.24) is 4.98 Å². The molecule has 2 aromatic heterocycles. The zero-order valence-corrected chi connectivity index (χ0v) is 13.2. The normalized spacial score (nSPS) is 26.5. The summed E-state index contributed by atoms with van der Waals surface area (Å²) in [7, 11) is 0. The topological polar surface area (TPSA) is 52.3 Å². The van der Waals surface area contributed by atoms with E-state index in [1.807, 2.05) is 17.5 Å². The number of carbonyl (C=O) groups excluding carboxylic acids is 1. The van der Waals surface area contributed by atoms with E-state index < -0.39 is 0 Å². The maximum Gasteiger partial charge on any atom is 0.306 e. The summed E-state index contributed by atoms with van der Waals surface area (Å²) in [6.07, 6.45) is 7.34. The molecule has 2 aliphatic rings. The van der Waals surface area contributed by atoms with Crippen molar-refractivity contribution in [2.24, 2.45) is 17.8 Å². The predicted molar refractivity (Wildman–Crippen MR) is 83.2 cm³/mol. The number of thiophene rings is 1. The molecule has 2 saturated carbocycles. The summed E-state index contributed by atoms with van der Waals surface area (Å²) in [6, 6.07) is 3.92. The minimum absolute atomic E-state index is 0.0989. The molecule has 2 aliphatic carbocycles. The van der Waals surface area contributed by atoms with Crippen molar-refractivity contribution in [3.63, 3.8) is 0 Å². The zero-order chi connectivity index (χ0) is 14.9. The Bertz CT molecular complexity index is 649. The molecule has 0 radical (unpaired) electrons. The third-order valence-electron chi connectivity index (χ3n) is 4.98. The minimum Gasteiger partial charge on any atom is -0.459 e. The van der Waals surface area contributed by atoms with Gasteiger partial charge in [0.05, 0.1) is 4.88 Å². The molecule has 116 valence electrons. The fraction of sp³-hybridized carbons (Fsp3) is 0.529. The Hall–Kier alpha value is -1.62. The molecule has 4 rings (SSSR count). The van der Waals surface area contributed by atoms with Crippen LogP contribution in [0.2, 0.25) is 0 Å². The van der Waals surface area contributed by atoms with Crippen molar-refractivity contribution < 1.29 is 13.9 Å². The Morgan fingerprint density at radius 2 is 2.36 bits per heavy atom. The van der Waals surface area contributed by atoms with E-state index >= 15 is 0 Å². The summed E-state index contributed by atoms with van der Waals surface area (Å²) in [5.74, 6) is 2.67. The van der Waals surface area contributed by atoms with E-state index in [2.05, 4.69) is 4.98 Å². The molecule has 0 aromatic carbocycles. The number of carbonyl (C=O) groups is 1. The molecule has 22 heavy (non-hydrogen) atoms. The summed E-state index contributed by atoms with van der Waals surface area (Å²) in [4.78, 5) is 17.4. The number of aromatic nitrogens is 1. The van der Waals surface area contributed by atoms with Crippen molar-refractivity contribution in [1.29, 1.82) is 0 Å². The first-order chi connectivity index (χ1) is 10.8. The smallest absolute Gasteiger partial charge is 0.306 e. The second-order valence-electron chi connectivity index (χ2n) is 6.42. The molecular weight excluding hydrogens is 298 g/mol. The zero-order valence-electron chi connectivity index (χ0n) is 12.4. The van der Waals surface area contributed by atoms with Crippen LogP contribution in [0.1, 0.15) is 37.8 Å². The van der Waals surface area contributed by atoms with Crippen LogP contribution in [0.3, 0.4) is 0 Å². The first-order valence-corrected chi connectivity index (χ1v) is 8.80. The Morgan fingerprint density at radius 1 is 1.41 bits per heavy atom. The van der Waals surface area contributed by atoms with Crippen LogP contribution in [0.25, 0.3) is 10.8 Å². The minimum atomic E-state index is -0.0989. The first-order valence-electron chi connectivity index (χ1n) is 7.92. The maximum atomic E-state index is 12.0. The van der Waals surface area contributed by atoms with Gasteiger partial charge in [0, 0.05) is 6.42 Å². The van der Waals surface area contributed by atoms with Crippen molar-refractivity contribution in [3.8, 4) is 10.8 Å². The van der Waals surface area contributed by atoms with Crippen molar-refractivity contribution >= 4 is 17.3 Å². The molecule has 0 saturated heterocycles. The van der Waals surface area contributed by atoms with Crippen LogP contribution in [0.15, 0.2) is 28.2 Å². The summed E-state index contributed by atoms with van der Waals surface area (Å²) in [5, 5.41) is 1.98. The van der Waals surface area contributed by atoms with Crippen LogP contribution >= 0.6 is 11.3 Å². The monoisotopic (exact) mass is 317 g/mol. The van der Waals surface area contributed by atoms with Gasteiger partial charge in [0.1, 0.15) is 18.6 Å². The van der Waals surface area contributed by atoms with Gasteiger partial charge in [0.2, 0.25) is 5.89 Å². The Kier molecular flexibility index (Phi) is 3.74. The molecule has 0 amide bonds. The second kappa shape index (κ2) is 5.88. The number of oxazole rings is 1. The van der Waals surface area contributed by atoms with Crippen LogP contribution in [0.5, 0.6) is 0 Å². The van der Waals surface area contributed by atoms with E-state index in [-0.39, 0.29) is 12.6 Å². The number of nitrogens with zero attached hydrogens (tertiary/aromatic N) is 1. The van der Waals surface area contributed by atoms with Crippen molar-refractivity contribution in [2.75, 3.05) is 0 Å². The lowest BCUT2D eigenvalue weighted by atomic mass is 9.86. The van der Waals surface area contributed by atoms with Gasteiger partial charge in [-0.15, -0.1) is 11.3 Å². The van der Waals surface area contributed by atoms with Crippen LogP contribution < -0.4 is 0 Å². The number of rotatable bonds is 5. The van der Waals surface area contributed by atoms with Gasteiger partial charge >= 0.3 is 5.97 Å². The SMILES string of the molecule is O=C(C[C@@H]1C[C@@H]2CC[C@@H]1C2)OCc1coc(-c2cccs2)n1. The highest BCUT2D eigenvalue weighted by Crippen LogP contribution is 2.49. The summed E-state index contributed by atoms with van der Waals surface area (Å²) in [6.45, 7) is 0.203. The lowest BCUT2D eigenvalue weighted by Crippen LogP contribution is -2.17. The van der Waals surface area contributed by atoms with Crippen LogP contribution in [0, 0.1) is 17.8 Å². The molecule has 0 unspecified atom stereocenters. The summed E-state index contributed by atoms with van der Waals surface area (Å²) >= 11 is 1.58. The Labute approximate surface area is 133 Å². The highest BCUT2D eigenvalue weighted by atomic mass is 32.1. The molecule has 0 N–H and O–H groups in total. The molecule has 2 heterocycles. The van der Waals surface area contributed by atoms with Crippen LogP contribution in [-0.2, 0) is 16.1 Å². The molecule has 2 aromatic rings. The van der Waals surface area contributed by atoms with Crippen LogP contribution in [0.4, 0.5) is 0 Å². The third kappa shape index (κ3) is 2.82. The molecule has 5 heteroatoms. The number of fused-ring (bicyclic) bond motifs is 2. The molecule has 2 fully saturated rings. The van der Waals surface area contributed by atoms with Crippen molar-refractivity contribution in [3.05, 3.63) is 29.5 Å². The summed E-state index contributed by atoms with van der Waals surface area (Å²) < 4.78 is 10.8. The van der Waals surface area contributed by atoms with Crippen molar-refractivity contribution in [2.45, 2.75) is 38.7 Å². The number of hydrogen-bond acceptors (Lipinski definition) is 5. The van der Waals surface area contributed by atoms with E-state index in [9.17, 15) is 4.79 Å². The van der Waals surface area contributed by atoms with Gasteiger partial charge in [-0.2, -0.15) is 0 Å². The number of esters is 1. The fourth-order valence-electron chi connectivity index (χ4n) is 3.94. The molecule has 4 nitrogen and oxygen atoms in total. The van der Waals surface area contributed by atoms with E-state index in [0.29, 0.717) is 23.9 Å². The van der Waals surface area contributed by atoms with Gasteiger partial charge in [0.25, 0.3) is 0 Å². The maximum absolute atomic E-state index is 12.0. The molecule has 0 aliphatic heterocycles. The lowest BCUT2D eigenvalue weighted by molar-refractivity contribution is -0.146. The predicted octanol–water partition coefficient (Wildman–Crippen LogP) is 4.27. The van der Waals surface area contributed by atoms with Gasteiger partial charge in [-0.05, 0) is 48.5 Å².